The third-order valence-corrected chi connectivity index (χ3v) is 14.2. The molecule has 15 aromatic rings. The standard InChI is InChI=1S/C61H38N10/c1-37-13-12-20-48(66-37)38-14-2-3-19-47(38)57-58(68-49-21-8-4-15-39(49)43-25-29-62-33-53(43)68)60(70-51-23-10-6-17-41(51)45-27-31-64-35-55(45)70)67-61(71-52-24-11-7-18-42(52)46-28-32-65-36-56(46)71)59(57)69-50-22-9-5-16-40(50)44-26-30-63-34-54(44)69/h2-36H,1H3. The van der Waals surface area contributed by atoms with Crippen LogP contribution in [0.25, 0.3) is 133 Å². The van der Waals surface area contributed by atoms with E-state index in [0.717, 1.165) is 127 Å². The van der Waals surface area contributed by atoms with E-state index in [0.29, 0.717) is 11.6 Å². The molecule has 10 nitrogen and oxygen atoms in total. The highest BCUT2D eigenvalue weighted by Crippen LogP contribution is 2.50. The van der Waals surface area contributed by atoms with Gasteiger partial charge >= 0.3 is 0 Å². The summed E-state index contributed by atoms with van der Waals surface area (Å²) in [4.78, 5) is 30.8. The number of rotatable bonds is 6. The molecule has 10 aromatic heterocycles. The Morgan fingerprint density at radius 1 is 0.296 bits per heavy atom. The van der Waals surface area contributed by atoms with Gasteiger partial charge in [0.1, 0.15) is 11.4 Å². The van der Waals surface area contributed by atoms with Crippen molar-refractivity contribution in [1.29, 1.82) is 0 Å². The second kappa shape index (κ2) is 15.1. The highest BCUT2D eigenvalue weighted by Gasteiger charge is 2.33. The first-order valence-corrected chi connectivity index (χ1v) is 23.7. The first kappa shape index (κ1) is 39.2. The Kier molecular flexibility index (Phi) is 8.34. The summed E-state index contributed by atoms with van der Waals surface area (Å²) in [6.45, 7) is 2.05. The van der Waals surface area contributed by atoms with Crippen LogP contribution in [0.15, 0.2) is 213 Å². The van der Waals surface area contributed by atoms with Gasteiger partial charge in [0, 0.05) is 84.7 Å². The Balaban J connectivity index is 1.30. The summed E-state index contributed by atoms with van der Waals surface area (Å²) in [5.74, 6) is 1.40. The van der Waals surface area contributed by atoms with Crippen LogP contribution in [0.2, 0.25) is 0 Å². The topological polar surface area (TPSA) is 97.1 Å². The first-order chi connectivity index (χ1) is 35.2. The van der Waals surface area contributed by atoms with Gasteiger partial charge in [-0.25, -0.2) is 4.98 Å². The quantitative estimate of drug-likeness (QED) is 0.165. The lowest BCUT2D eigenvalue weighted by atomic mass is 9.94. The molecule has 0 N–H and O–H groups in total. The summed E-state index contributed by atoms with van der Waals surface area (Å²) in [6.07, 6.45) is 15.4. The molecule has 0 radical (unpaired) electrons. The maximum Gasteiger partial charge on any atom is 0.165 e. The van der Waals surface area contributed by atoms with Crippen LogP contribution in [-0.2, 0) is 0 Å². The van der Waals surface area contributed by atoms with E-state index in [2.05, 4.69) is 189 Å². The maximum absolute atomic E-state index is 6.27. The maximum atomic E-state index is 6.27. The van der Waals surface area contributed by atoms with E-state index >= 15 is 0 Å². The number of fused-ring (bicyclic) bond motifs is 12. The van der Waals surface area contributed by atoms with Gasteiger partial charge in [0.25, 0.3) is 0 Å². The molecule has 0 saturated heterocycles. The van der Waals surface area contributed by atoms with Crippen LogP contribution < -0.4 is 0 Å². The molecule has 10 heterocycles. The molecule has 15 rings (SSSR count). The average molecular weight is 911 g/mol. The van der Waals surface area contributed by atoms with Crippen LogP contribution in [0.4, 0.5) is 0 Å². The summed E-state index contributed by atoms with van der Waals surface area (Å²) in [7, 11) is 0. The number of nitrogens with zero attached hydrogens (tertiary/aromatic N) is 10. The largest absolute Gasteiger partial charge is 0.304 e. The summed E-state index contributed by atoms with van der Waals surface area (Å²) in [5, 5.41) is 8.66. The second-order valence-corrected chi connectivity index (χ2v) is 18.0. The van der Waals surface area contributed by atoms with Gasteiger partial charge in [-0.2, -0.15) is 0 Å². The molecule has 0 saturated carbocycles. The van der Waals surface area contributed by atoms with Gasteiger partial charge in [-0.15, -0.1) is 0 Å². The van der Waals surface area contributed by atoms with Crippen molar-refractivity contribution in [2.75, 3.05) is 0 Å². The van der Waals surface area contributed by atoms with E-state index in [-0.39, 0.29) is 0 Å². The van der Waals surface area contributed by atoms with Crippen molar-refractivity contribution in [3.8, 4) is 45.4 Å². The summed E-state index contributed by atoms with van der Waals surface area (Å²) in [6, 6.07) is 57.9. The minimum Gasteiger partial charge on any atom is -0.304 e. The third-order valence-electron chi connectivity index (χ3n) is 14.2. The van der Waals surface area contributed by atoms with Gasteiger partial charge < -0.3 is 9.13 Å². The van der Waals surface area contributed by atoms with Gasteiger partial charge in [-0.05, 0) is 73.2 Å². The number of aryl methyl sites for hydroxylation is 1. The summed E-state index contributed by atoms with van der Waals surface area (Å²) in [5.41, 5.74) is 14.0. The first-order valence-electron chi connectivity index (χ1n) is 23.7. The Morgan fingerprint density at radius 2 is 0.648 bits per heavy atom. The summed E-state index contributed by atoms with van der Waals surface area (Å²) >= 11 is 0. The molecule has 0 unspecified atom stereocenters. The minimum absolute atomic E-state index is 0.699. The zero-order chi connectivity index (χ0) is 46.7. The Bertz CT molecular complexity index is 4220. The van der Waals surface area contributed by atoms with Gasteiger partial charge in [0.2, 0.25) is 0 Å². The molecule has 0 aliphatic carbocycles. The Labute approximate surface area is 405 Å². The van der Waals surface area contributed by atoms with Crippen molar-refractivity contribution in [2.45, 2.75) is 6.92 Å². The number of pyridine rings is 6. The molecule has 0 atom stereocenters. The lowest BCUT2D eigenvalue weighted by molar-refractivity contribution is 0.958. The van der Waals surface area contributed by atoms with Crippen LogP contribution >= 0.6 is 0 Å². The van der Waals surface area contributed by atoms with E-state index in [4.69, 9.17) is 29.9 Å². The van der Waals surface area contributed by atoms with E-state index in [1.807, 2.05) is 49.6 Å². The predicted molar refractivity (Wildman–Crippen MR) is 286 cm³/mol. The van der Waals surface area contributed by atoms with Gasteiger partial charge in [-0.1, -0.05) is 103 Å². The third kappa shape index (κ3) is 5.58. The monoisotopic (exact) mass is 910 g/mol. The number of para-hydroxylation sites is 4. The average Bonchev–Trinajstić information content (AvgIpc) is 4.16. The Morgan fingerprint density at radius 3 is 1.07 bits per heavy atom. The number of hydrogen-bond acceptors (Lipinski definition) is 6. The normalized spacial score (nSPS) is 12.0. The lowest BCUT2D eigenvalue weighted by Crippen LogP contribution is -2.16. The molecule has 71 heavy (non-hydrogen) atoms. The predicted octanol–water partition coefficient (Wildman–Crippen LogP) is 14.1. The van der Waals surface area contributed by atoms with Crippen LogP contribution in [0.5, 0.6) is 0 Å². The van der Waals surface area contributed by atoms with Crippen molar-refractivity contribution in [3.05, 3.63) is 219 Å². The van der Waals surface area contributed by atoms with E-state index < -0.39 is 0 Å². The summed E-state index contributed by atoms with van der Waals surface area (Å²) < 4.78 is 9.40. The molecule has 332 valence electrons. The highest BCUT2D eigenvalue weighted by molar-refractivity contribution is 6.16. The van der Waals surface area contributed by atoms with Crippen molar-refractivity contribution >= 4 is 87.2 Å². The molecule has 0 fully saturated rings. The molecule has 0 bridgehead atoms. The minimum atomic E-state index is 0.699. The molecule has 0 amide bonds. The van der Waals surface area contributed by atoms with Crippen LogP contribution in [0.1, 0.15) is 5.69 Å². The van der Waals surface area contributed by atoms with Crippen LogP contribution in [0.3, 0.4) is 0 Å². The van der Waals surface area contributed by atoms with E-state index in [9.17, 15) is 0 Å². The molecular weight excluding hydrogens is 873 g/mol. The molecule has 0 spiro atoms. The fraction of sp³-hybridized carbons (Fsp3) is 0.0164. The molecule has 0 aliphatic rings. The fourth-order valence-electron chi connectivity index (χ4n) is 11.4. The van der Waals surface area contributed by atoms with E-state index in [1.165, 1.54) is 0 Å². The number of aromatic nitrogens is 10. The SMILES string of the molecule is Cc1cccc(-c2ccccc2-c2c(-n3c4ccccc4c4ccncc43)c(-n3c4ccccc4c4ccncc43)nc(-n3c4ccccc4c4ccncc43)c2-n2c3ccccc3c3ccncc32)n1. The molecule has 10 heteroatoms. The highest BCUT2D eigenvalue weighted by atomic mass is 15.2. The molecular formula is C61H38N10. The molecule has 0 aliphatic heterocycles. The molecule has 5 aromatic carbocycles. The van der Waals surface area contributed by atoms with Gasteiger partial charge in [0.05, 0.1) is 74.6 Å². The Hall–Kier alpha value is -9.80. The zero-order valence-electron chi connectivity index (χ0n) is 38.2. The smallest absolute Gasteiger partial charge is 0.165 e. The number of benzene rings is 5. The van der Waals surface area contributed by atoms with Gasteiger partial charge in [0.15, 0.2) is 11.6 Å². The zero-order valence-corrected chi connectivity index (χ0v) is 38.2. The fourth-order valence-corrected chi connectivity index (χ4v) is 11.4. The van der Waals surface area contributed by atoms with Crippen molar-refractivity contribution in [1.82, 2.24) is 48.2 Å². The van der Waals surface area contributed by atoms with Gasteiger partial charge in [-0.3, -0.25) is 34.1 Å². The van der Waals surface area contributed by atoms with Crippen molar-refractivity contribution < 1.29 is 0 Å². The van der Waals surface area contributed by atoms with Crippen molar-refractivity contribution in [2.24, 2.45) is 0 Å². The van der Waals surface area contributed by atoms with Crippen LogP contribution in [0, 0.1) is 6.92 Å². The second-order valence-electron chi connectivity index (χ2n) is 18.0. The van der Waals surface area contributed by atoms with Crippen molar-refractivity contribution in [3.63, 3.8) is 0 Å². The lowest BCUT2D eigenvalue weighted by Gasteiger charge is -2.27. The van der Waals surface area contributed by atoms with Crippen LogP contribution in [-0.4, -0.2) is 48.2 Å². The van der Waals surface area contributed by atoms with E-state index in [1.54, 1.807) is 0 Å². The number of hydrogen-bond donors (Lipinski definition) is 0.